The van der Waals surface area contributed by atoms with E-state index >= 15 is 0 Å². The lowest BCUT2D eigenvalue weighted by atomic mass is 10.1. The van der Waals surface area contributed by atoms with Gasteiger partial charge in [0.2, 0.25) is 5.91 Å². The van der Waals surface area contributed by atoms with Crippen molar-refractivity contribution in [2.24, 2.45) is 5.92 Å². The molecule has 1 aliphatic heterocycles. The largest absolute Gasteiger partial charge is 0.493 e. The molecule has 128 valence electrons. The summed E-state index contributed by atoms with van der Waals surface area (Å²) in [6.45, 7) is 7.52. The van der Waals surface area contributed by atoms with Gasteiger partial charge in [-0.25, -0.2) is 0 Å². The van der Waals surface area contributed by atoms with Gasteiger partial charge in [-0.1, -0.05) is 37.6 Å². The molecule has 0 aliphatic carbocycles. The highest BCUT2D eigenvalue weighted by molar-refractivity contribution is 5.85. The molecule has 0 saturated carbocycles. The number of nitrogens with one attached hydrogen (secondary N) is 2. The fourth-order valence-electron chi connectivity index (χ4n) is 2.26. The topological polar surface area (TPSA) is 50.4 Å². The first-order valence-electron chi connectivity index (χ1n) is 8.00. The van der Waals surface area contributed by atoms with Crippen LogP contribution in [0, 0.1) is 5.92 Å². The molecule has 5 heteroatoms. The van der Waals surface area contributed by atoms with Crippen LogP contribution >= 0.6 is 12.4 Å². The average molecular weight is 339 g/mol. The van der Waals surface area contributed by atoms with E-state index in [0.717, 1.165) is 30.8 Å². The van der Waals surface area contributed by atoms with Crippen LogP contribution in [0.15, 0.2) is 35.9 Å². The average Bonchev–Trinajstić information content (AvgIpc) is 2.53. The van der Waals surface area contributed by atoms with Crippen LogP contribution in [0.5, 0.6) is 5.75 Å². The lowest BCUT2D eigenvalue weighted by Gasteiger charge is -2.14. The predicted octanol–water partition coefficient (Wildman–Crippen LogP) is 2.72. The van der Waals surface area contributed by atoms with Crippen molar-refractivity contribution in [3.05, 3.63) is 41.5 Å². The van der Waals surface area contributed by atoms with Crippen molar-refractivity contribution in [3.8, 4) is 5.75 Å². The lowest BCUT2D eigenvalue weighted by Crippen LogP contribution is -2.30. The smallest absolute Gasteiger partial charge is 0.224 e. The highest BCUT2D eigenvalue weighted by atomic mass is 35.5. The van der Waals surface area contributed by atoms with E-state index in [-0.39, 0.29) is 18.3 Å². The molecule has 1 heterocycles. The molecule has 23 heavy (non-hydrogen) atoms. The van der Waals surface area contributed by atoms with Crippen LogP contribution in [-0.2, 0) is 11.2 Å². The van der Waals surface area contributed by atoms with Crippen molar-refractivity contribution >= 4 is 18.3 Å². The molecule has 2 rings (SSSR count). The van der Waals surface area contributed by atoms with Crippen LogP contribution in [0.25, 0.3) is 0 Å². The highest BCUT2D eigenvalue weighted by Crippen LogP contribution is 2.13. The molecule has 0 radical (unpaired) electrons. The number of hydrogen-bond acceptors (Lipinski definition) is 3. The molecule has 0 fully saturated rings. The van der Waals surface area contributed by atoms with Crippen molar-refractivity contribution in [2.75, 3.05) is 26.2 Å². The Bertz CT molecular complexity index is 512. The van der Waals surface area contributed by atoms with Crippen molar-refractivity contribution < 1.29 is 9.53 Å². The number of amides is 1. The number of carbonyl (C=O) groups excluding carboxylic acids is 1. The monoisotopic (exact) mass is 338 g/mol. The summed E-state index contributed by atoms with van der Waals surface area (Å²) in [6, 6.07) is 7.78. The Morgan fingerprint density at radius 2 is 2.04 bits per heavy atom. The number of rotatable bonds is 7. The molecular formula is C18H27ClN2O2. The van der Waals surface area contributed by atoms with Gasteiger partial charge in [0.1, 0.15) is 5.75 Å². The second kappa shape index (κ2) is 10.3. The number of carbonyl (C=O) groups is 1. The van der Waals surface area contributed by atoms with Crippen molar-refractivity contribution in [1.82, 2.24) is 10.6 Å². The summed E-state index contributed by atoms with van der Waals surface area (Å²) in [5, 5.41) is 6.25. The summed E-state index contributed by atoms with van der Waals surface area (Å²) in [7, 11) is 0. The van der Waals surface area contributed by atoms with Crippen LogP contribution in [0.1, 0.15) is 25.8 Å². The summed E-state index contributed by atoms with van der Waals surface area (Å²) < 4.78 is 5.64. The van der Waals surface area contributed by atoms with E-state index in [2.05, 4.69) is 30.6 Å². The third-order valence-electron chi connectivity index (χ3n) is 3.54. The third kappa shape index (κ3) is 7.53. The predicted molar refractivity (Wildman–Crippen MR) is 96.3 cm³/mol. The zero-order valence-corrected chi connectivity index (χ0v) is 14.7. The van der Waals surface area contributed by atoms with E-state index in [1.807, 2.05) is 24.3 Å². The van der Waals surface area contributed by atoms with Crippen LogP contribution in [0.3, 0.4) is 0 Å². The van der Waals surface area contributed by atoms with E-state index in [1.165, 1.54) is 5.57 Å². The molecule has 4 nitrogen and oxygen atoms in total. The number of halogens is 1. The van der Waals surface area contributed by atoms with E-state index in [4.69, 9.17) is 4.74 Å². The van der Waals surface area contributed by atoms with Gasteiger partial charge in [0.15, 0.2) is 0 Å². The number of benzene rings is 1. The van der Waals surface area contributed by atoms with Crippen molar-refractivity contribution in [3.63, 3.8) is 0 Å². The number of hydrogen-bond donors (Lipinski definition) is 2. The fourth-order valence-corrected chi connectivity index (χ4v) is 2.26. The minimum Gasteiger partial charge on any atom is -0.493 e. The molecule has 1 amide bonds. The van der Waals surface area contributed by atoms with Crippen molar-refractivity contribution in [1.29, 1.82) is 0 Å². The first kappa shape index (κ1) is 19.5. The van der Waals surface area contributed by atoms with Gasteiger partial charge in [-0.3, -0.25) is 4.79 Å². The van der Waals surface area contributed by atoms with E-state index in [9.17, 15) is 4.79 Å². The van der Waals surface area contributed by atoms with E-state index in [1.54, 1.807) is 0 Å². The Labute approximate surface area is 145 Å². The second-order valence-corrected chi connectivity index (χ2v) is 6.12. The molecular weight excluding hydrogens is 312 g/mol. The van der Waals surface area contributed by atoms with Gasteiger partial charge in [-0.05, 0) is 36.6 Å². The summed E-state index contributed by atoms with van der Waals surface area (Å²) in [5.41, 5.74) is 2.32. The Balaban J connectivity index is 0.00000264. The molecule has 1 aromatic carbocycles. The SMILES string of the molecule is CC(C)COc1ccc(CC(=O)NCC2=CCNCC2)cc1.Cl. The maximum atomic E-state index is 12.0. The quantitative estimate of drug-likeness (QED) is 0.752. The van der Waals surface area contributed by atoms with E-state index in [0.29, 0.717) is 25.5 Å². The first-order chi connectivity index (χ1) is 10.6. The highest BCUT2D eigenvalue weighted by Gasteiger charge is 2.07. The van der Waals surface area contributed by atoms with Crippen LogP contribution in [-0.4, -0.2) is 32.1 Å². The zero-order valence-electron chi connectivity index (χ0n) is 13.9. The van der Waals surface area contributed by atoms with Gasteiger partial charge in [0.05, 0.1) is 13.0 Å². The molecule has 0 spiro atoms. The molecule has 2 N–H and O–H groups in total. The standard InChI is InChI=1S/C18H26N2O2.ClH/c1-14(2)13-22-17-5-3-15(4-6-17)11-18(21)20-12-16-7-9-19-10-8-16;/h3-7,14,19H,8-13H2,1-2H3,(H,20,21);1H. The lowest BCUT2D eigenvalue weighted by molar-refractivity contribution is -0.120. The van der Waals surface area contributed by atoms with Crippen LogP contribution in [0.4, 0.5) is 0 Å². The third-order valence-corrected chi connectivity index (χ3v) is 3.54. The normalized spacial score (nSPS) is 14.0. The van der Waals surface area contributed by atoms with Gasteiger partial charge < -0.3 is 15.4 Å². The van der Waals surface area contributed by atoms with Gasteiger partial charge >= 0.3 is 0 Å². The molecule has 0 saturated heterocycles. The minimum atomic E-state index is 0. The summed E-state index contributed by atoms with van der Waals surface area (Å²) >= 11 is 0. The zero-order chi connectivity index (χ0) is 15.8. The number of ether oxygens (including phenoxy) is 1. The Morgan fingerprint density at radius 3 is 2.65 bits per heavy atom. The molecule has 1 aliphatic rings. The fraction of sp³-hybridized carbons (Fsp3) is 0.500. The van der Waals surface area contributed by atoms with E-state index < -0.39 is 0 Å². The first-order valence-corrected chi connectivity index (χ1v) is 8.00. The van der Waals surface area contributed by atoms with Crippen molar-refractivity contribution in [2.45, 2.75) is 26.7 Å². The van der Waals surface area contributed by atoms with Gasteiger partial charge in [-0.2, -0.15) is 0 Å². The van der Waals surface area contributed by atoms with Gasteiger partial charge in [0.25, 0.3) is 0 Å². The maximum absolute atomic E-state index is 12.0. The Kier molecular flexibility index (Phi) is 8.74. The molecule has 0 atom stereocenters. The van der Waals surface area contributed by atoms with Crippen LogP contribution in [0.2, 0.25) is 0 Å². The Hall–Kier alpha value is -1.52. The van der Waals surface area contributed by atoms with Gasteiger partial charge in [0, 0.05) is 13.1 Å². The molecule has 0 unspecified atom stereocenters. The molecule has 0 aromatic heterocycles. The summed E-state index contributed by atoms with van der Waals surface area (Å²) in [4.78, 5) is 12.0. The summed E-state index contributed by atoms with van der Waals surface area (Å²) in [6.07, 6.45) is 3.59. The van der Waals surface area contributed by atoms with Gasteiger partial charge in [-0.15, -0.1) is 12.4 Å². The maximum Gasteiger partial charge on any atom is 0.224 e. The molecule has 1 aromatic rings. The minimum absolute atomic E-state index is 0. The Morgan fingerprint density at radius 1 is 1.30 bits per heavy atom. The second-order valence-electron chi connectivity index (χ2n) is 6.12. The molecule has 0 bridgehead atoms. The van der Waals surface area contributed by atoms with Crippen LogP contribution < -0.4 is 15.4 Å². The summed E-state index contributed by atoms with van der Waals surface area (Å²) in [5.74, 6) is 1.43.